The van der Waals surface area contributed by atoms with Gasteiger partial charge in [0.15, 0.2) is 17.3 Å². The van der Waals surface area contributed by atoms with E-state index in [2.05, 4.69) is 15.5 Å². The number of anilines is 1. The number of nitrogens with one attached hydrogen (secondary N) is 1. The van der Waals surface area contributed by atoms with Gasteiger partial charge in [-0.2, -0.15) is 13.9 Å². The molecule has 2 aliphatic rings. The summed E-state index contributed by atoms with van der Waals surface area (Å²) in [4.78, 5) is 14.6. The molecule has 0 radical (unpaired) electrons. The van der Waals surface area contributed by atoms with E-state index in [1.54, 1.807) is 30.9 Å². The lowest BCUT2D eigenvalue weighted by Gasteiger charge is -2.33. The number of hydrogen-bond acceptors (Lipinski definition) is 8. The van der Waals surface area contributed by atoms with Gasteiger partial charge < -0.3 is 29.5 Å². The molecule has 40 heavy (non-hydrogen) atoms. The molecular formula is C28H31F3N4O5. The lowest BCUT2D eigenvalue weighted by atomic mass is 9.91. The van der Waals surface area contributed by atoms with Crippen molar-refractivity contribution in [3.05, 3.63) is 53.0 Å². The Morgan fingerprint density at radius 1 is 1.15 bits per heavy atom. The van der Waals surface area contributed by atoms with Crippen LogP contribution in [0.2, 0.25) is 0 Å². The van der Waals surface area contributed by atoms with Crippen molar-refractivity contribution in [2.24, 2.45) is 0 Å². The third kappa shape index (κ3) is 5.01. The summed E-state index contributed by atoms with van der Waals surface area (Å²) in [5.74, 6) is -4.09. The van der Waals surface area contributed by atoms with Crippen molar-refractivity contribution in [1.82, 2.24) is 15.1 Å². The van der Waals surface area contributed by atoms with Crippen LogP contribution in [0.5, 0.6) is 11.5 Å². The Balaban J connectivity index is 1.45. The number of aryl methyl sites for hydroxylation is 1. The third-order valence-corrected chi connectivity index (χ3v) is 7.24. The summed E-state index contributed by atoms with van der Waals surface area (Å²) >= 11 is 0. The smallest absolute Gasteiger partial charge is 0.303 e. The van der Waals surface area contributed by atoms with Gasteiger partial charge in [-0.25, -0.2) is 4.39 Å². The number of hydrogen-bond donors (Lipinski definition) is 2. The molecule has 2 atom stereocenters. The van der Waals surface area contributed by atoms with E-state index in [4.69, 9.17) is 14.2 Å². The van der Waals surface area contributed by atoms with E-state index in [-0.39, 0.29) is 23.9 Å². The van der Waals surface area contributed by atoms with E-state index in [0.29, 0.717) is 54.3 Å². The van der Waals surface area contributed by atoms with Crippen LogP contribution in [0.4, 0.5) is 19.0 Å². The second kappa shape index (κ2) is 10.4. The number of nitrogens with zero attached hydrogens (tertiary/aromatic N) is 3. The standard InChI is InChI=1S/C28H31F3N4O5/c1-15(17-6-5-7-20(24(17)29)28(30,31)27(3,4)37)32-25-19-13-22-21(12-18(19)16(2)33-34-25)39-14-23(40-22)26(36)35-8-10-38-11-9-35/h5-7,12-13,15,23,37H,8-11,14H2,1-4H3,(H,32,34)/t15-,23?/m1/s1. The van der Waals surface area contributed by atoms with Crippen molar-refractivity contribution in [2.45, 2.75) is 51.4 Å². The molecule has 0 spiro atoms. The molecule has 1 amide bonds. The van der Waals surface area contributed by atoms with Crippen LogP contribution in [0, 0.1) is 12.7 Å². The second-order valence-corrected chi connectivity index (χ2v) is 10.5. The predicted molar refractivity (Wildman–Crippen MR) is 140 cm³/mol. The molecule has 1 aromatic heterocycles. The molecular weight excluding hydrogens is 529 g/mol. The number of halogens is 3. The first kappa shape index (κ1) is 27.9. The molecule has 2 aromatic carbocycles. The van der Waals surface area contributed by atoms with Crippen molar-refractivity contribution in [3.8, 4) is 11.5 Å². The van der Waals surface area contributed by atoms with Crippen LogP contribution in [0.25, 0.3) is 10.8 Å². The van der Waals surface area contributed by atoms with Gasteiger partial charge in [-0.05, 0) is 45.9 Å². The number of fused-ring (bicyclic) bond motifs is 2. The highest BCUT2D eigenvalue weighted by atomic mass is 19.3. The van der Waals surface area contributed by atoms with Gasteiger partial charge in [-0.15, -0.1) is 5.10 Å². The van der Waals surface area contributed by atoms with E-state index in [1.807, 2.05) is 0 Å². The Labute approximate surface area is 229 Å². The fourth-order valence-corrected chi connectivity index (χ4v) is 4.80. The van der Waals surface area contributed by atoms with Crippen LogP contribution in [0.3, 0.4) is 0 Å². The van der Waals surface area contributed by atoms with Crippen LogP contribution < -0.4 is 14.8 Å². The van der Waals surface area contributed by atoms with Crippen LogP contribution in [0.1, 0.15) is 43.6 Å². The Kier molecular flexibility index (Phi) is 7.26. The number of aromatic nitrogens is 2. The van der Waals surface area contributed by atoms with Gasteiger partial charge in [-0.3, -0.25) is 4.79 Å². The van der Waals surface area contributed by atoms with Crippen molar-refractivity contribution in [2.75, 3.05) is 38.2 Å². The monoisotopic (exact) mass is 560 g/mol. The van der Waals surface area contributed by atoms with Crippen molar-refractivity contribution in [3.63, 3.8) is 0 Å². The number of alkyl halides is 2. The average Bonchev–Trinajstić information content (AvgIpc) is 2.93. The van der Waals surface area contributed by atoms with Crippen molar-refractivity contribution in [1.29, 1.82) is 0 Å². The SMILES string of the molecule is Cc1nnc(N[C@H](C)c2cccc(C(F)(F)C(C)(C)O)c2F)c2cc3c(cc12)OCC(C(=O)N1CCOCC1)O3. The highest BCUT2D eigenvalue weighted by Crippen LogP contribution is 2.42. The quantitative estimate of drug-likeness (QED) is 0.464. The van der Waals surface area contributed by atoms with Crippen LogP contribution >= 0.6 is 0 Å². The van der Waals surface area contributed by atoms with Gasteiger partial charge in [0.1, 0.15) is 18.0 Å². The predicted octanol–water partition coefficient (Wildman–Crippen LogP) is 4.11. The minimum Gasteiger partial charge on any atom is -0.485 e. The van der Waals surface area contributed by atoms with Crippen LogP contribution in [-0.4, -0.2) is 70.7 Å². The van der Waals surface area contributed by atoms with Gasteiger partial charge in [-0.1, -0.05) is 12.1 Å². The number of benzene rings is 2. The first-order chi connectivity index (χ1) is 18.9. The maximum Gasteiger partial charge on any atom is 0.303 e. The molecule has 5 rings (SSSR count). The number of carbonyl (C=O) groups excluding carboxylic acids is 1. The molecule has 3 aromatic rings. The lowest BCUT2D eigenvalue weighted by molar-refractivity contribution is -0.170. The number of morpholine rings is 1. The van der Waals surface area contributed by atoms with E-state index in [1.165, 1.54) is 12.1 Å². The summed E-state index contributed by atoms with van der Waals surface area (Å²) < 4.78 is 62.3. The summed E-state index contributed by atoms with van der Waals surface area (Å²) in [5.41, 5.74) is -2.80. The van der Waals surface area contributed by atoms with Crippen molar-refractivity contribution < 1.29 is 37.3 Å². The fraction of sp³-hybridized carbons (Fsp3) is 0.464. The molecule has 3 heterocycles. The zero-order valence-electron chi connectivity index (χ0n) is 22.6. The summed E-state index contributed by atoms with van der Waals surface area (Å²) in [6.07, 6.45) is -0.830. The van der Waals surface area contributed by atoms with Gasteiger partial charge >= 0.3 is 5.92 Å². The molecule has 1 saturated heterocycles. The summed E-state index contributed by atoms with van der Waals surface area (Å²) in [6, 6.07) is 6.28. The highest BCUT2D eigenvalue weighted by Gasteiger charge is 2.49. The number of rotatable bonds is 6. The fourth-order valence-electron chi connectivity index (χ4n) is 4.80. The first-order valence-corrected chi connectivity index (χ1v) is 13.0. The number of aliphatic hydroxyl groups is 1. The largest absolute Gasteiger partial charge is 0.485 e. The Morgan fingerprint density at radius 2 is 1.85 bits per heavy atom. The Hall–Kier alpha value is -3.64. The van der Waals surface area contributed by atoms with Crippen LogP contribution in [0.15, 0.2) is 30.3 Å². The van der Waals surface area contributed by atoms with Crippen molar-refractivity contribution >= 4 is 22.5 Å². The molecule has 1 unspecified atom stereocenters. The molecule has 12 heteroatoms. The van der Waals surface area contributed by atoms with E-state index >= 15 is 4.39 Å². The molecule has 0 saturated carbocycles. The maximum atomic E-state index is 15.4. The number of amides is 1. The Bertz CT molecular complexity index is 1440. The second-order valence-electron chi connectivity index (χ2n) is 10.5. The number of ether oxygens (including phenoxy) is 3. The summed E-state index contributed by atoms with van der Waals surface area (Å²) in [7, 11) is 0. The van der Waals surface area contributed by atoms with E-state index in [9.17, 15) is 18.7 Å². The van der Waals surface area contributed by atoms with E-state index in [0.717, 1.165) is 19.9 Å². The lowest BCUT2D eigenvalue weighted by Crippen LogP contribution is -2.50. The van der Waals surface area contributed by atoms with Crippen LogP contribution in [-0.2, 0) is 15.5 Å². The summed E-state index contributed by atoms with van der Waals surface area (Å²) in [6.45, 7) is 7.17. The molecule has 2 aliphatic heterocycles. The minimum absolute atomic E-state index is 0.0364. The molecule has 9 nitrogen and oxygen atoms in total. The minimum atomic E-state index is -3.82. The van der Waals surface area contributed by atoms with Gasteiger partial charge in [0.25, 0.3) is 5.91 Å². The first-order valence-electron chi connectivity index (χ1n) is 13.0. The Morgan fingerprint density at radius 3 is 2.55 bits per heavy atom. The van der Waals surface area contributed by atoms with E-state index < -0.39 is 35.1 Å². The summed E-state index contributed by atoms with van der Waals surface area (Å²) in [5, 5.41) is 22.7. The molecule has 214 valence electrons. The number of carbonyl (C=O) groups is 1. The average molecular weight is 561 g/mol. The van der Waals surface area contributed by atoms with Gasteiger partial charge in [0.05, 0.1) is 30.5 Å². The molecule has 0 aliphatic carbocycles. The molecule has 1 fully saturated rings. The van der Waals surface area contributed by atoms with Gasteiger partial charge in [0, 0.05) is 29.4 Å². The highest BCUT2D eigenvalue weighted by molar-refractivity contribution is 5.96. The zero-order valence-corrected chi connectivity index (χ0v) is 22.6. The molecule has 0 bridgehead atoms. The topological polar surface area (TPSA) is 106 Å². The zero-order chi connectivity index (χ0) is 28.8. The third-order valence-electron chi connectivity index (χ3n) is 7.24. The maximum absolute atomic E-state index is 15.4. The van der Waals surface area contributed by atoms with Gasteiger partial charge in [0.2, 0.25) is 6.10 Å². The normalized spacial score (nSPS) is 18.5. The molecule has 2 N–H and O–H groups in total.